The molecule has 2 aromatic carbocycles. The van der Waals surface area contributed by atoms with Crippen molar-refractivity contribution in [2.45, 2.75) is 40.2 Å². The van der Waals surface area contributed by atoms with E-state index >= 15 is 0 Å². The molecular weight excluding hydrogens is 370 g/mol. The Labute approximate surface area is 169 Å². The molecule has 5 nitrogen and oxygen atoms in total. The summed E-state index contributed by atoms with van der Waals surface area (Å²) in [5.41, 5.74) is 4.32. The SMILES string of the molecule is CC(C)Cn1c(-c2ccc([N+](=O)[O-])cc2)csc1=Nc1ccc(C(C)C)cc1. The van der Waals surface area contributed by atoms with Crippen molar-refractivity contribution in [1.29, 1.82) is 0 Å². The number of nitro benzene ring substituents is 1. The Balaban J connectivity index is 2.03. The van der Waals surface area contributed by atoms with Gasteiger partial charge in [-0.15, -0.1) is 11.3 Å². The fourth-order valence-electron chi connectivity index (χ4n) is 2.99. The minimum atomic E-state index is -0.374. The fourth-order valence-corrected chi connectivity index (χ4v) is 3.93. The van der Waals surface area contributed by atoms with Gasteiger partial charge >= 0.3 is 0 Å². The Bertz CT molecular complexity index is 1010. The number of non-ortho nitro benzene ring substituents is 1. The third kappa shape index (κ3) is 4.57. The topological polar surface area (TPSA) is 60.4 Å². The summed E-state index contributed by atoms with van der Waals surface area (Å²) in [6, 6.07) is 15.1. The lowest BCUT2D eigenvalue weighted by Gasteiger charge is -2.11. The van der Waals surface area contributed by atoms with Crippen molar-refractivity contribution < 1.29 is 4.92 Å². The first-order valence-electron chi connectivity index (χ1n) is 9.43. The number of hydrogen-bond donors (Lipinski definition) is 0. The molecule has 1 aromatic heterocycles. The summed E-state index contributed by atoms with van der Waals surface area (Å²) in [6.45, 7) is 9.53. The molecule has 0 spiro atoms. The van der Waals surface area contributed by atoms with Gasteiger partial charge in [0.05, 0.1) is 16.3 Å². The summed E-state index contributed by atoms with van der Waals surface area (Å²) < 4.78 is 2.20. The molecule has 0 unspecified atom stereocenters. The zero-order valence-corrected chi connectivity index (χ0v) is 17.4. The molecule has 0 saturated heterocycles. The van der Waals surface area contributed by atoms with Gasteiger partial charge in [-0.1, -0.05) is 39.8 Å². The molecule has 0 aliphatic rings. The van der Waals surface area contributed by atoms with E-state index in [-0.39, 0.29) is 10.6 Å². The van der Waals surface area contributed by atoms with Crippen LogP contribution in [-0.4, -0.2) is 9.49 Å². The van der Waals surface area contributed by atoms with E-state index in [9.17, 15) is 10.1 Å². The highest BCUT2D eigenvalue weighted by Crippen LogP contribution is 2.25. The highest BCUT2D eigenvalue weighted by atomic mass is 32.1. The molecule has 6 heteroatoms. The highest BCUT2D eigenvalue weighted by Gasteiger charge is 2.12. The van der Waals surface area contributed by atoms with E-state index < -0.39 is 0 Å². The van der Waals surface area contributed by atoms with Crippen molar-refractivity contribution in [2.75, 3.05) is 0 Å². The first-order valence-corrected chi connectivity index (χ1v) is 10.3. The molecule has 3 aromatic rings. The molecule has 0 amide bonds. The smallest absolute Gasteiger partial charge is 0.269 e. The molecule has 0 bridgehead atoms. The summed E-state index contributed by atoms with van der Waals surface area (Å²) in [6.07, 6.45) is 0. The third-order valence-electron chi connectivity index (χ3n) is 4.50. The van der Waals surface area contributed by atoms with Gasteiger partial charge in [-0.25, -0.2) is 4.99 Å². The van der Waals surface area contributed by atoms with Crippen LogP contribution < -0.4 is 4.80 Å². The largest absolute Gasteiger partial charge is 0.316 e. The molecule has 0 aliphatic carbocycles. The molecule has 0 saturated carbocycles. The summed E-state index contributed by atoms with van der Waals surface area (Å²) in [7, 11) is 0. The number of hydrogen-bond acceptors (Lipinski definition) is 4. The normalized spacial score (nSPS) is 12.1. The van der Waals surface area contributed by atoms with Gasteiger partial charge in [0.15, 0.2) is 4.80 Å². The highest BCUT2D eigenvalue weighted by molar-refractivity contribution is 7.07. The van der Waals surface area contributed by atoms with Crippen molar-refractivity contribution in [1.82, 2.24) is 4.57 Å². The Hall–Kier alpha value is -2.73. The molecule has 0 fully saturated rings. The number of rotatable bonds is 6. The Morgan fingerprint density at radius 3 is 2.21 bits per heavy atom. The van der Waals surface area contributed by atoms with E-state index in [1.54, 1.807) is 35.6 Å². The molecule has 0 N–H and O–H groups in total. The van der Waals surface area contributed by atoms with Crippen molar-refractivity contribution in [3.8, 4) is 11.3 Å². The lowest BCUT2D eigenvalue weighted by Crippen LogP contribution is -2.18. The van der Waals surface area contributed by atoms with E-state index in [2.05, 4.69) is 61.9 Å². The minimum Gasteiger partial charge on any atom is -0.316 e. The zero-order valence-electron chi connectivity index (χ0n) is 16.6. The maximum Gasteiger partial charge on any atom is 0.269 e. The second-order valence-electron chi connectivity index (χ2n) is 7.57. The van der Waals surface area contributed by atoms with Gasteiger partial charge in [-0.05, 0) is 47.2 Å². The van der Waals surface area contributed by atoms with Crippen LogP contribution in [0.1, 0.15) is 39.2 Å². The van der Waals surface area contributed by atoms with E-state index in [1.165, 1.54) is 5.56 Å². The van der Waals surface area contributed by atoms with Crippen molar-refractivity contribution in [3.05, 3.63) is 74.4 Å². The van der Waals surface area contributed by atoms with Gasteiger partial charge in [-0.3, -0.25) is 10.1 Å². The minimum absolute atomic E-state index is 0.101. The molecule has 0 atom stereocenters. The summed E-state index contributed by atoms with van der Waals surface area (Å²) in [5, 5.41) is 13.0. The first-order chi connectivity index (χ1) is 13.3. The average Bonchev–Trinajstić information content (AvgIpc) is 3.04. The number of benzene rings is 2. The first kappa shape index (κ1) is 20.0. The number of nitrogens with zero attached hydrogens (tertiary/aromatic N) is 3. The van der Waals surface area contributed by atoms with E-state index in [1.807, 2.05) is 0 Å². The van der Waals surface area contributed by atoms with Crippen LogP contribution in [0.5, 0.6) is 0 Å². The lowest BCUT2D eigenvalue weighted by molar-refractivity contribution is -0.384. The predicted molar refractivity (Wildman–Crippen MR) is 115 cm³/mol. The van der Waals surface area contributed by atoms with Gasteiger partial charge in [0, 0.05) is 24.1 Å². The van der Waals surface area contributed by atoms with E-state index in [0.717, 1.165) is 28.3 Å². The molecule has 1 heterocycles. The van der Waals surface area contributed by atoms with Crippen LogP contribution in [0, 0.1) is 16.0 Å². The van der Waals surface area contributed by atoms with Crippen molar-refractivity contribution in [2.24, 2.45) is 10.9 Å². The summed E-state index contributed by atoms with van der Waals surface area (Å²) >= 11 is 1.59. The van der Waals surface area contributed by atoms with E-state index in [0.29, 0.717) is 11.8 Å². The lowest BCUT2D eigenvalue weighted by atomic mass is 10.0. The monoisotopic (exact) mass is 395 g/mol. The summed E-state index contributed by atoms with van der Waals surface area (Å²) in [4.78, 5) is 16.3. The van der Waals surface area contributed by atoms with Gasteiger partial charge < -0.3 is 4.57 Å². The average molecular weight is 396 g/mol. The molecule has 0 aliphatic heterocycles. The maximum absolute atomic E-state index is 10.9. The second-order valence-corrected chi connectivity index (χ2v) is 8.41. The van der Waals surface area contributed by atoms with Gasteiger partial charge in [-0.2, -0.15) is 0 Å². The predicted octanol–water partition coefficient (Wildman–Crippen LogP) is 6.14. The van der Waals surface area contributed by atoms with Crippen LogP contribution in [0.15, 0.2) is 58.9 Å². The standard InChI is InChI=1S/C22H25N3O2S/c1-15(2)13-24-21(18-7-11-20(12-8-18)25(26)27)14-28-22(24)23-19-9-5-17(6-10-19)16(3)4/h5-12,14-16H,13H2,1-4H3. The molecule has 3 rings (SSSR count). The van der Waals surface area contributed by atoms with Crippen molar-refractivity contribution >= 4 is 22.7 Å². The van der Waals surface area contributed by atoms with Gasteiger partial charge in [0.2, 0.25) is 0 Å². The summed E-state index contributed by atoms with van der Waals surface area (Å²) in [5.74, 6) is 0.948. The Kier molecular flexibility index (Phi) is 6.09. The van der Waals surface area contributed by atoms with Crippen LogP contribution in [0.3, 0.4) is 0 Å². The van der Waals surface area contributed by atoms with Gasteiger partial charge in [0.25, 0.3) is 5.69 Å². The molecule has 28 heavy (non-hydrogen) atoms. The van der Waals surface area contributed by atoms with Crippen LogP contribution in [-0.2, 0) is 6.54 Å². The number of aromatic nitrogens is 1. The van der Waals surface area contributed by atoms with Crippen molar-refractivity contribution in [3.63, 3.8) is 0 Å². The molecule has 0 radical (unpaired) electrons. The van der Waals surface area contributed by atoms with Crippen LogP contribution in [0.25, 0.3) is 11.3 Å². The van der Waals surface area contributed by atoms with E-state index in [4.69, 9.17) is 4.99 Å². The zero-order chi connectivity index (χ0) is 20.3. The number of nitro groups is 1. The van der Waals surface area contributed by atoms with Crippen LogP contribution in [0.2, 0.25) is 0 Å². The molecule has 146 valence electrons. The Morgan fingerprint density at radius 2 is 1.68 bits per heavy atom. The maximum atomic E-state index is 10.9. The Morgan fingerprint density at radius 1 is 1.04 bits per heavy atom. The van der Waals surface area contributed by atoms with Crippen LogP contribution in [0.4, 0.5) is 11.4 Å². The third-order valence-corrected chi connectivity index (χ3v) is 5.37. The quantitative estimate of drug-likeness (QED) is 0.372. The fraction of sp³-hybridized carbons (Fsp3) is 0.318. The van der Waals surface area contributed by atoms with Crippen LogP contribution >= 0.6 is 11.3 Å². The number of thiazole rings is 1. The second kappa shape index (κ2) is 8.52. The molecular formula is C22H25N3O2S. The van der Waals surface area contributed by atoms with Gasteiger partial charge in [0.1, 0.15) is 0 Å².